The average Bonchev–Trinajstić information content (AvgIpc) is 2.37. The minimum Gasteiger partial charge on any atom is -0.381 e. The summed E-state index contributed by atoms with van der Waals surface area (Å²) in [6.07, 6.45) is 4.10. The standard InChI is InChI=1S/C16H17ClN2/c1-11-16(7-4-8-18-11)19-13-9-12(10-13)14-5-2-3-6-15(14)17/h2-8,12-13,19H,9-10H2,1H3. The van der Waals surface area contributed by atoms with Crippen molar-refractivity contribution in [1.29, 1.82) is 0 Å². The van der Waals surface area contributed by atoms with E-state index in [9.17, 15) is 0 Å². The van der Waals surface area contributed by atoms with Crippen molar-refractivity contribution in [2.75, 3.05) is 5.32 Å². The second-order valence-corrected chi connectivity index (χ2v) is 5.57. The van der Waals surface area contributed by atoms with E-state index in [1.165, 1.54) is 5.56 Å². The molecule has 0 bridgehead atoms. The fourth-order valence-corrected chi connectivity index (χ4v) is 2.94. The van der Waals surface area contributed by atoms with Crippen molar-refractivity contribution < 1.29 is 0 Å². The second kappa shape index (κ2) is 5.22. The molecule has 19 heavy (non-hydrogen) atoms. The number of anilines is 1. The number of rotatable bonds is 3. The molecule has 0 saturated heterocycles. The quantitative estimate of drug-likeness (QED) is 0.896. The van der Waals surface area contributed by atoms with E-state index < -0.39 is 0 Å². The molecule has 0 unspecified atom stereocenters. The molecule has 3 rings (SSSR count). The van der Waals surface area contributed by atoms with Crippen LogP contribution in [0.1, 0.15) is 30.0 Å². The van der Waals surface area contributed by atoms with Gasteiger partial charge in [-0.25, -0.2) is 0 Å². The minimum atomic E-state index is 0.532. The molecule has 0 atom stereocenters. The lowest BCUT2D eigenvalue weighted by molar-refractivity contribution is 0.374. The molecule has 2 nitrogen and oxygen atoms in total. The number of pyridine rings is 1. The molecular weight excluding hydrogens is 256 g/mol. The van der Waals surface area contributed by atoms with Crippen LogP contribution < -0.4 is 5.32 Å². The molecule has 1 aliphatic carbocycles. The lowest BCUT2D eigenvalue weighted by atomic mass is 9.75. The normalized spacial score (nSPS) is 21.8. The number of hydrogen-bond acceptors (Lipinski definition) is 2. The van der Waals surface area contributed by atoms with Crippen LogP contribution in [0.25, 0.3) is 0 Å². The first-order valence-electron chi connectivity index (χ1n) is 6.66. The zero-order chi connectivity index (χ0) is 13.2. The summed E-state index contributed by atoms with van der Waals surface area (Å²) in [5, 5.41) is 4.45. The number of hydrogen-bond donors (Lipinski definition) is 1. The maximum absolute atomic E-state index is 6.23. The molecule has 1 aliphatic rings. The van der Waals surface area contributed by atoms with Gasteiger partial charge in [-0.05, 0) is 49.4 Å². The van der Waals surface area contributed by atoms with Crippen LogP contribution in [0.4, 0.5) is 5.69 Å². The summed E-state index contributed by atoms with van der Waals surface area (Å²) < 4.78 is 0. The van der Waals surface area contributed by atoms with Crippen molar-refractivity contribution in [3.05, 3.63) is 58.9 Å². The van der Waals surface area contributed by atoms with Gasteiger partial charge in [0.1, 0.15) is 0 Å². The molecule has 3 heteroatoms. The van der Waals surface area contributed by atoms with Gasteiger partial charge in [-0.1, -0.05) is 29.8 Å². The highest BCUT2D eigenvalue weighted by atomic mass is 35.5. The van der Waals surface area contributed by atoms with Crippen LogP contribution in [0.3, 0.4) is 0 Å². The van der Waals surface area contributed by atoms with Gasteiger partial charge >= 0.3 is 0 Å². The van der Waals surface area contributed by atoms with Gasteiger partial charge in [0, 0.05) is 17.3 Å². The molecule has 98 valence electrons. The van der Waals surface area contributed by atoms with E-state index in [1.54, 1.807) is 0 Å². The summed E-state index contributed by atoms with van der Waals surface area (Å²) in [6, 6.07) is 12.8. The Morgan fingerprint density at radius 1 is 1.16 bits per heavy atom. The zero-order valence-corrected chi connectivity index (χ0v) is 11.7. The van der Waals surface area contributed by atoms with Gasteiger partial charge in [0.2, 0.25) is 0 Å². The molecule has 0 aliphatic heterocycles. The predicted molar refractivity (Wildman–Crippen MR) is 79.8 cm³/mol. The van der Waals surface area contributed by atoms with Gasteiger partial charge in [-0.3, -0.25) is 4.98 Å². The Kier molecular flexibility index (Phi) is 3.43. The summed E-state index contributed by atoms with van der Waals surface area (Å²) in [6.45, 7) is 2.03. The van der Waals surface area contributed by atoms with Crippen molar-refractivity contribution in [3.63, 3.8) is 0 Å². The van der Waals surface area contributed by atoms with Gasteiger partial charge in [0.15, 0.2) is 0 Å². The first kappa shape index (κ1) is 12.5. The third kappa shape index (κ3) is 2.59. The van der Waals surface area contributed by atoms with Gasteiger partial charge in [0.05, 0.1) is 11.4 Å². The predicted octanol–water partition coefficient (Wildman–Crippen LogP) is 4.40. The van der Waals surface area contributed by atoms with E-state index in [4.69, 9.17) is 11.6 Å². The molecule has 1 fully saturated rings. The van der Waals surface area contributed by atoms with Crippen LogP contribution in [-0.4, -0.2) is 11.0 Å². The Labute approximate surface area is 118 Å². The number of halogens is 1. The van der Waals surface area contributed by atoms with E-state index in [0.29, 0.717) is 12.0 Å². The maximum Gasteiger partial charge on any atom is 0.0603 e. The van der Waals surface area contributed by atoms with Crippen LogP contribution in [-0.2, 0) is 0 Å². The summed E-state index contributed by atoms with van der Waals surface area (Å²) >= 11 is 6.23. The van der Waals surface area contributed by atoms with Gasteiger partial charge in [-0.15, -0.1) is 0 Å². The van der Waals surface area contributed by atoms with E-state index in [0.717, 1.165) is 29.2 Å². The molecule has 1 aromatic heterocycles. The molecule has 2 aromatic rings. The van der Waals surface area contributed by atoms with Crippen LogP contribution in [0, 0.1) is 6.92 Å². The summed E-state index contributed by atoms with van der Waals surface area (Å²) in [4.78, 5) is 4.30. The average molecular weight is 273 g/mol. The van der Waals surface area contributed by atoms with E-state index >= 15 is 0 Å². The monoisotopic (exact) mass is 272 g/mol. The van der Waals surface area contributed by atoms with Crippen molar-refractivity contribution in [1.82, 2.24) is 4.98 Å². The number of aryl methyl sites for hydroxylation is 1. The van der Waals surface area contributed by atoms with Crippen LogP contribution >= 0.6 is 11.6 Å². The number of aromatic nitrogens is 1. The molecule has 1 saturated carbocycles. The Bertz CT molecular complexity index is 576. The smallest absolute Gasteiger partial charge is 0.0603 e. The third-order valence-corrected chi connectivity index (χ3v) is 4.19. The summed E-state index contributed by atoms with van der Waals surface area (Å²) in [7, 11) is 0. The van der Waals surface area contributed by atoms with Crippen molar-refractivity contribution >= 4 is 17.3 Å². The van der Waals surface area contributed by atoms with Gasteiger partial charge < -0.3 is 5.32 Å². The first-order valence-corrected chi connectivity index (χ1v) is 7.04. The Balaban J connectivity index is 1.62. The van der Waals surface area contributed by atoms with Crippen LogP contribution in [0.2, 0.25) is 5.02 Å². The molecule has 1 heterocycles. The molecule has 1 aromatic carbocycles. The van der Waals surface area contributed by atoms with Gasteiger partial charge in [-0.2, -0.15) is 0 Å². The SMILES string of the molecule is Cc1ncccc1NC1CC(c2ccccc2Cl)C1. The highest BCUT2D eigenvalue weighted by Crippen LogP contribution is 2.41. The highest BCUT2D eigenvalue weighted by Gasteiger charge is 2.31. The highest BCUT2D eigenvalue weighted by molar-refractivity contribution is 6.31. The van der Waals surface area contributed by atoms with Gasteiger partial charge in [0.25, 0.3) is 0 Å². The Morgan fingerprint density at radius 3 is 2.68 bits per heavy atom. The largest absolute Gasteiger partial charge is 0.381 e. The lowest BCUT2D eigenvalue weighted by Gasteiger charge is -2.37. The van der Waals surface area contributed by atoms with Crippen molar-refractivity contribution in [2.45, 2.75) is 31.7 Å². The molecule has 1 N–H and O–H groups in total. The topological polar surface area (TPSA) is 24.9 Å². The summed E-state index contributed by atoms with van der Waals surface area (Å²) in [5.74, 6) is 0.586. The van der Waals surface area contributed by atoms with Crippen LogP contribution in [0.15, 0.2) is 42.6 Å². The third-order valence-electron chi connectivity index (χ3n) is 3.85. The summed E-state index contributed by atoms with van der Waals surface area (Å²) in [5.41, 5.74) is 3.49. The maximum atomic E-state index is 6.23. The van der Waals surface area contributed by atoms with E-state index in [-0.39, 0.29) is 0 Å². The van der Waals surface area contributed by atoms with Crippen LogP contribution in [0.5, 0.6) is 0 Å². The lowest BCUT2D eigenvalue weighted by Crippen LogP contribution is -2.34. The fraction of sp³-hybridized carbons (Fsp3) is 0.312. The molecular formula is C16H17ClN2. The second-order valence-electron chi connectivity index (χ2n) is 5.17. The van der Waals surface area contributed by atoms with Crippen molar-refractivity contribution in [3.8, 4) is 0 Å². The number of nitrogens with zero attached hydrogens (tertiary/aromatic N) is 1. The molecule has 0 spiro atoms. The molecule has 0 amide bonds. The number of nitrogens with one attached hydrogen (secondary N) is 1. The zero-order valence-electron chi connectivity index (χ0n) is 10.9. The Morgan fingerprint density at radius 2 is 1.95 bits per heavy atom. The number of benzene rings is 1. The molecule has 0 radical (unpaired) electrons. The van der Waals surface area contributed by atoms with Crippen molar-refractivity contribution in [2.24, 2.45) is 0 Å². The van der Waals surface area contributed by atoms with E-state index in [2.05, 4.69) is 28.5 Å². The van der Waals surface area contributed by atoms with E-state index in [1.807, 2.05) is 31.3 Å². The fourth-order valence-electron chi connectivity index (χ4n) is 2.65. The first-order chi connectivity index (χ1) is 9.24. The Hall–Kier alpha value is -1.54. The minimum absolute atomic E-state index is 0.532.